The number of carbonyl (C=O) groups is 1. The predicted octanol–water partition coefficient (Wildman–Crippen LogP) is 4.60. The van der Waals surface area contributed by atoms with Crippen molar-refractivity contribution in [1.82, 2.24) is 0 Å². The Labute approximate surface area is 112 Å². The van der Waals surface area contributed by atoms with Crippen LogP contribution in [0.25, 0.3) is 0 Å². The number of benzene rings is 1. The first kappa shape index (κ1) is 14.2. The fraction of sp³-hybridized carbons (Fsp3) is 0.500. The molecule has 0 unspecified atom stereocenters. The fourth-order valence-corrected chi connectivity index (χ4v) is 2.15. The van der Waals surface area contributed by atoms with Crippen molar-refractivity contribution in [3.8, 4) is 0 Å². The number of nitrogens with one attached hydrogen (secondary N) is 1. The van der Waals surface area contributed by atoms with Crippen molar-refractivity contribution < 1.29 is 4.79 Å². The minimum absolute atomic E-state index is 0.147. The Morgan fingerprint density at radius 1 is 1.18 bits per heavy atom. The molecular formula is C14H20BrNO. The van der Waals surface area contributed by atoms with Crippen molar-refractivity contribution in [3.63, 3.8) is 0 Å². The zero-order valence-corrected chi connectivity index (χ0v) is 12.1. The van der Waals surface area contributed by atoms with E-state index in [0.29, 0.717) is 0 Å². The van der Waals surface area contributed by atoms with Gasteiger partial charge in [-0.1, -0.05) is 42.6 Å². The Hall–Kier alpha value is -0.830. The molecule has 1 rings (SSSR count). The molecular weight excluding hydrogens is 278 g/mol. The maximum Gasteiger partial charge on any atom is 0.227 e. The molecule has 0 radical (unpaired) electrons. The average Bonchev–Trinajstić information content (AvgIpc) is 2.32. The summed E-state index contributed by atoms with van der Waals surface area (Å²) in [4.78, 5) is 12.1. The Morgan fingerprint density at radius 3 is 2.18 bits per heavy atom. The lowest BCUT2D eigenvalue weighted by Crippen LogP contribution is -2.22. The number of rotatable bonds is 6. The van der Waals surface area contributed by atoms with E-state index in [1.54, 1.807) is 0 Å². The summed E-state index contributed by atoms with van der Waals surface area (Å²) in [5.74, 6) is 0.296. The van der Waals surface area contributed by atoms with Crippen molar-refractivity contribution in [1.29, 1.82) is 0 Å². The molecule has 0 aromatic heterocycles. The van der Waals surface area contributed by atoms with E-state index in [4.69, 9.17) is 0 Å². The molecule has 0 atom stereocenters. The molecule has 17 heavy (non-hydrogen) atoms. The van der Waals surface area contributed by atoms with Crippen LogP contribution in [0.4, 0.5) is 5.69 Å². The molecule has 1 amide bonds. The van der Waals surface area contributed by atoms with E-state index in [1.165, 1.54) is 0 Å². The molecule has 1 N–H and O–H groups in total. The number of anilines is 1. The lowest BCUT2D eigenvalue weighted by molar-refractivity contribution is -0.120. The summed E-state index contributed by atoms with van der Waals surface area (Å²) < 4.78 is 1.02. The smallest absolute Gasteiger partial charge is 0.227 e. The van der Waals surface area contributed by atoms with Gasteiger partial charge in [0.25, 0.3) is 0 Å². The fourth-order valence-electron chi connectivity index (χ4n) is 1.88. The molecule has 1 aromatic rings. The van der Waals surface area contributed by atoms with Gasteiger partial charge in [-0.25, -0.2) is 0 Å². The summed E-state index contributed by atoms with van der Waals surface area (Å²) in [5.41, 5.74) is 0.871. The van der Waals surface area contributed by atoms with Crippen LogP contribution in [0.5, 0.6) is 0 Å². The Kier molecular flexibility index (Phi) is 6.27. The molecule has 3 heteroatoms. The van der Waals surface area contributed by atoms with E-state index in [2.05, 4.69) is 35.1 Å². The van der Waals surface area contributed by atoms with E-state index < -0.39 is 0 Å². The van der Waals surface area contributed by atoms with Gasteiger partial charge in [-0.05, 0) is 37.1 Å². The third-order valence-corrected chi connectivity index (χ3v) is 3.29. The van der Waals surface area contributed by atoms with Crippen molar-refractivity contribution in [2.45, 2.75) is 39.5 Å². The van der Waals surface area contributed by atoms with Crippen LogP contribution in [0.3, 0.4) is 0 Å². The highest BCUT2D eigenvalue weighted by Gasteiger charge is 2.16. The van der Waals surface area contributed by atoms with Crippen LogP contribution in [-0.4, -0.2) is 5.91 Å². The number of halogens is 1. The lowest BCUT2D eigenvalue weighted by atomic mass is 9.97. The first-order valence-corrected chi connectivity index (χ1v) is 7.03. The van der Waals surface area contributed by atoms with Gasteiger partial charge in [0.1, 0.15) is 0 Å². The van der Waals surface area contributed by atoms with E-state index in [9.17, 15) is 4.79 Å². The molecule has 0 bridgehead atoms. The molecule has 0 heterocycles. The van der Waals surface area contributed by atoms with Gasteiger partial charge in [0.05, 0.1) is 0 Å². The van der Waals surface area contributed by atoms with Crippen LogP contribution in [0.15, 0.2) is 28.7 Å². The molecule has 94 valence electrons. The largest absolute Gasteiger partial charge is 0.326 e. The van der Waals surface area contributed by atoms with E-state index in [1.807, 2.05) is 24.3 Å². The monoisotopic (exact) mass is 297 g/mol. The van der Waals surface area contributed by atoms with Gasteiger partial charge in [0.2, 0.25) is 5.91 Å². The highest BCUT2D eigenvalue weighted by Crippen LogP contribution is 2.18. The van der Waals surface area contributed by atoms with Crippen LogP contribution in [0, 0.1) is 5.92 Å². The van der Waals surface area contributed by atoms with Gasteiger partial charge in [-0.15, -0.1) is 0 Å². The molecule has 0 saturated carbocycles. The summed E-state index contributed by atoms with van der Waals surface area (Å²) >= 11 is 3.38. The SMILES string of the molecule is CCCC(CCC)C(=O)Nc1ccc(Br)cc1. The third kappa shape index (κ3) is 4.90. The highest BCUT2D eigenvalue weighted by molar-refractivity contribution is 9.10. The topological polar surface area (TPSA) is 29.1 Å². The van der Waals surface area contributed by atoms with Crippen LogP contribution in [-0.2, 0) is 4.79 Å². The quantitative estimate of drug-likeness (QED) is 0.816. The Morgan fingerprint density at radius 2 is 1.71 bits per heavy atom. The van der Waals surface area contributed by atoms with Crippen molar-refractivity contribution in [3.05, 3.63) is 28.7 Å². The molecule has 1 aromatic carbocycles. The summed E-state index contributed by atoms with van der Waals surface area (Å²) in [6.07, 6.45) is 4.04. The first-order valence-electron chi connectivity index (χ1n) is 6.23. The zero-order valence-electron chi connectivity index (χ0n) is 10.5. The second-order valence-electron chi connectivity index (χ2n) is 4.27. The number of amides is 1. The van der Waals surface area contributed by atoms with Gasteiger partial charge in [-0.2, -0.15) is 0 Å². The number of hydrogen-bond donors (Lipinski definition) is 1. The Balaban J connectivity index is 2.59. The van der Waals surface area contributed by atoms with Crippen LogP contribution in [0.2, 0.25) is 0 Å². The molecule has 0 aliphatic rings. The molecule has 0 fully saturated rings. The van der Waals surface area contributed by atoms with Crippen LogP contribution >= 0.6 is 15.9 Å². The van der Waals surface area contributed by atoms with E-state index in [0.717, 1.165) is 35.8 Å². The van der Waals surface area contributed by atoms with Crippen LogP contribution < -0.4 is 5.32 Å². The highest BCUT2D eigenvalue weighted by atomic mass is 79.9. The molecule has 0 aliphatic heterocycles. The maximum absolute atomic E-state index is 12.1. The van der Waals surface area contributed by atoms with Crippen molar-refractivity contribution >= 4 is 27.5 Å². The molecule has 2 nitrogen and oxygen atoms in total. The summed E-state index contributed by atoms with van der Waals surface area (Å²) in [6.45, 7) is 4.24. The van der Waals surface area contributed by atoms with Gasteiger partial charge in [0.15, 0.2) is 0 Å². The molecule has 0 spiro atoms. The lowest BCUT2D eigenvalue weighted by Gasteiger charge is -2.15. The molecule has 0 aliphatic carbocycles. The van der Waals surface area contributed by atoms with Crippen molar-refractivity contribution in [2.75, 3.05) is 5.32 Å². The standard InChI is InChI=1S/C14H20BrNO/c1-3-5-11(6-4-2)14(17)16-13-9-7-12(15)8-10-13/h7-11H,3-6H2,1-2H3,(H,16,17). The zero-order chi connectivity index (χ0) is 12.7. The second kappa shape index (κ2) is 7.49. The summed E-state index contributed by atoms with van der Waals surface area (Å²) in [6, 6.07) is 7.70. The van der Waals surface area contributed by atoms with Gasteiger partial charge in [-0.3, -0.25) is 4.79 Å². The minimum Gasteiger partial charge on any atom is -0.326 e. The normalized spacial score (nSPS) is 10.6. The number of hydrogen-bond acceptors (Lipinski definition) is 1. The van der Waals surface area contributed by atoms with Crippen LogP contribution in [0.1, 0.15) is 39.5 Å². The average molecular weight is 298 g/mol. The number of carbonyl (C=O) groups excluding carboxylic acids is 1. The van der Waals surface area contributed by atoms with Gasteiger partial charge >= 0.3 is 0 Å². The van der Waals surface area contributed by atoms with Gasteiger partial charge in [0, 0.05) is 16.1 Å². The third-order valence-electron chi connectivity index (χ3n) is 2.76. The van der Waals surface area contributed by atoms with E-state index >= 15 is 0 Å². The second-order valence-corrected chi connectivity index (χ2v) is 5.19. The summed E-state index contributed by atoms with van der Waals surface area (Å²) in [7, 11) is 0. The van der Waals surface area contributed by atoms with Crippen molar-refractivity contribution in [2.24, 2.45) is 5.92 Å². The Bertz CT molecular complexity index is 342. The first-order chi connectivity index (χ1) is 8.17. The molecule has 0 saturated heterocycles. The van der Waals surface area contributed by atoms with Gasteiger partial charge < -0.3 is 5.32 Å². The maximum atomic E-state index is 12.1. The van der Waals surface area contributed by atoms with E-state index in [-0.39, 0.29) is 11.8 Å². The predicted molar refractivity (Wildman–Crippen MR) is 76.1 cm³/mol. The summed E-state index contributed by atoms with van der Waals surface area (Å²) in [5, 5.41) is 2.98. The minimum atomic E-state index is 0.147.